The molecule has 1 fully saturated rings. The third-order valence-corrected chi connectivity index (χ3v) is 3.87. The number of ether oxygens (including phenoxy) is 2. The predicted octanol–water partition coefficient (Wildman–Crippen LogP) is 3.75. The van der Waals surface area contributed by atoms with Gasteiger partial charge in [-0.1, -0.05) is 0 Å². The van der Waals surface area contributed by atoms with Crippen molar-refractivity contribution in [2.24, 2.45) is 0 Å². The molecule has 1 N–H and O–H groups in total. The highest BCUT2D eigenvalue weighted by molar-refractivity contribution is 5.58. The van der Waals surface area contributed by atoms with E-state index in [1.165, 1.54) is 6.07 Å². The van der Waals surface area contributed by atoms with Crippen LogP contribution in [-0.4, -0.2) is 28.8 Å². The topological polar surface area (TPSA) is 73.6 Å². The summed E-state index contributed by atoms with van der Waals surface area (Å²) in [4.78, 5) is 10.6. The second-order valence-corrected chi connectivity index (χ2v) is 6.74. The molecule has 1 saturated heterocycles. The van der Waals surface area contributed by atoms with Crippen LogP contribution in [0.2, 0.25) is 0 Å². The summed E-state index contributed by atoms with van der Waals surface area (Å²) in [7, 11) is 0. The minimum absolute atomic E-state index is 0.0188. The van der Waals surface area contributed by atoms with Gasteiger partial charge in [0.2, 0.25) is 0 Å². The largest absolute Gasteiger partial charge is 0.487 e. The Balaban J connectivity index is 2.23. The Morgan fingerprint density at radius 1 is 1.41 bits per heavy atom. The van der Waals surface area contributed by atoms with Gasteiger partial charge in [-0.15, -0.1) is 0 Å². The van der Waals surface area contributed by atoms with Crippen molar-refractivity contribution in [3.63, 3.8) is 0 Å². The molecule has 0 spiro atoms. The third kappa shape index (κ3) is 3.50. The Morgan fingerprint density at radius 2 is 2.09 bits per heavy atom. The Hall–Kier alpha value is -1.82. The van der Waals surface area contributed by atoms with Crippen molar-refractivity contribution in [3.8, 4) is 5.75 Å². The number of hydrogen-bond acceptors (Lipinski definition) is 5. The Bertz CT molecular complexity index is 569. The molecule has 0 radical (unpaired) electrons. The number of anilines is 1. The van der Waals surface area contributed by atoms with Crippen molar-refractivity contribution in [1.82, 2.24) is 0 Å². The smallest absolute Gasteiger partial charge is 0.311 e. The van der Waals surface area contributed by atoms with Crippen LogP contribution in [0.1, 0.15) is 41.0 Å². The highest BCUT2D eigenvalue weighted by Crippen LogP contribution is 2.39. The first-order chi connectivity index (χ1) is 10.1. The monoisotopic (exact) mass is 308 g/mol. The average molecular weight is 308 g/mol. The van der Waals surface area contributed by atoms with Gasteiger partial charge < -0.3 is 14.8 Å². The summed E-state index contributed by atoms with van der Waals surface area (Å²) in [6, 6.07) is 4.99. The van der Waals surface area contributed by atoms with E-state index >= 15 is 0 Å². The standard InChI is InChI=1S/C16H24N2O4/c1-6-21-13-9-11(7-8-12(13)18(19)20)17-14-10-15(2,3)22-16(14,4)5/h7-9,14,17H,6,10H2,1-5H3. The van der Waals surface area contributed by atoms with Crippen molar-refractivity contribution in [2.45, 2.75) is 58.3 Å². The van der Waals surface area contributed by atoms with Crippen molar-refractivity contribution < 1.29 is 14.4 Å². The normalized spacial score (nSPS) is 22.3. The van der Waals surface area contributed by atoms with Crippen molar-refractivity contribution >= 4 is 11.4 Å². The lowest BCUT2D eigenvalue weighted by Gasteiger charge is -2.28. The molecule has 1 aromatic rings. The lowest BCUT2D eigenvalue weighted by Crippen LogP contribution is -2.38. The van der Waals surface area contributed by atoms with Crippen molar-refractivity contribution in [2.75, 3.05) is 11.9 Å². The van der Waals surface area contributed by atoms with E-state index in [2.05, 4.69) is 19.2 Å². The maximum atomic E-state index is 11.0. The number of rotatable bonds is 5. The Labute approximate surface area is 131 Å². The summed E-state index contributed by atoms with van der Waals surface area (Å²) in [6.45, 7) is 10.4. The summed E-state index contributed by atoms with van der Waals surface area (Å²) in [6.07, 6.45) is 0.862. The lowest BCUT2D eigenvalue weighted by molar-refractivity contribution is -0.385. The lowest BCUT2D eigenvalue weighted by atomic mass is 9.94. The zero-order chi connectivity index (χ0) is 16.5. The first-order valence-corrected chi connectivity index (χ1v) is 7.52. The highest BCUT2D eigenvalue weighted by Gasteiger charge is 2.45. The molecule has 6 nitrogen and oxygen atoms in total. The second-order valence-electron chi connectivity index (χ2n) is 6.74. The fourth-order valence-corrected chi connectivity index (χ4v) is 3.01. The summed E-state index contributed by atoms with van der Waals surface area (Å²) in [5.74, 6) is 0.286. The fourth-order valence-electron chi connectivity index (χ4n) is 3.01. The number of benzene rings is 1. The number of nitrogens with one attached hydrogen (secondary N) is 1. The van der Waals surface area contributed by atoms with Crippen LogP contribution in [0.3, 0.4) is 0 Å². The molecule has 1 heterocycles. The predicted molar refractivity (Wildman–Crippen MR) is 85.5 cm³/mol. The van der Waals surface area contributed by atoms with E-state index in [9.17, 15) is 10.1 Å². The van der Waals surface area contributed by atoms with Crippen LogP contribution < -0.4 is 10.1 Å². The molecule has 1 unspecified atom stereocenters. The molecule has 6 heteroatoms. The molecule has 0 amide bonds. The molecule has 0 aliphatic carbocycles. The van der Waals surface area contributed by atoms with Gasteiger partial charge in [-0.3, -0.25) is 10.1 Å². The van der Waals surface area contributed by atoms with Gasteiger partial charge in [0.05, 0.1) is 28.8 Å². The van der Waals surface area contributed by atoms with E-state index < -0.39 is 4.92 Å². The molecule has 0 saturated carbocycles. The van der Waals surface area contributed by atoms with E-state index in [0.29, 0.717) is 6.61 Å². The number of nitro groups is 1. The zero-order valence-electron chi connectivity index (χ0n) is 13.8. The molecule has 22 heavy (non-hydrogen) atoms. The molecule has 1 aromatic carbocycles. The molecule has 2 rings (SSSR count). The summed E-state index contributed by atoms with van der Waals surface area (Å²) in [5, 5.41) is 14.4. The van der Waals surface area contributed by atoms with Gasteiger partial charge in [-0.05, 0) is 47.1 Å². The van der Waals surface area contributed by atoms with Crippen molar-refractivity contribution in [3.05, 3.63) is 28.3 Å². The van der Waals surface area contributed by atoms with Gasteiger partial charge in [0.15, 0.2) is 5.75 Å². The van der Waals surface area contributed by atoms with Crippen LogP contribution >= 0.6 is 0 Å². The molecule has 1 atom stereocenters. The molecule has 1 aliphatic heterocycles. The minimum atomic E-state index is -0.430. The fraction of sp³-hybridized carbons (Fsp3) is 0.625. The van der Waals surface area contributed by atoms with Gasteiger partial charge in [-0.2, -0.15) is 0 Å². The zero-order valence-corrected chi connectivity index (χ0v) is 13.8. The van der Waals surface area contributed by atoms with Gasteiger partial charge in [0.25, 0.3) is 0 Å². The first kappa shape index (κ1) is 16.5. The molecule has 0 bridgehead atoms. The van der Waals surface area contributed by atoms with Gasteiger partial charge in [0.1, 0.15) is 0 Å². The summed E-state index contributed by atoms with van der Waals surface area (Å²) >= 11 is 0. The molecular formula is C16H24N2O4. The average Bonchev–Trinajstić information content (AvgIpc) is 2.57. The van der Waals surface area contributed by atoms with Crippen LogP contribution in [0.15, 0.2) is 18.2 Å². The molecule has 122 valence electrons. The summed E-state index contributed by atoms with van der Waals surface area (Å²) < 4.78 is 11.4. The maximum Gasteiger partial charge on any atom is 0.311 e. The quantitative estimate of drug-likeness (QED) is 0.662. The van der Waals surface area contributed by atoms with Crippen LogP contribution in [-0.2, 0) is 4.74 Å². The van der Waals surface area contributed by atoms with Gasteiger partial charge in [-0.25, -0.2) is 0 Å². The number of hydrogen-bond donors (Lipinski definition) is 1. The number of nitro benzene ring substituents is 1. The van der Waals surface area contributed by atoms with E-state index in [1.807, 2.05) is 13.8 Å². The maximum absolute atomic E-state index is 11.0. The van der Waals surface area contributed by atoms with Crippen LogP contribution in [0.5, 0.6) is 5.75 Å². The first-order valence-electron chi connectivity index (χ1n) is 7.52. The van der Waals surface area contributed by atoms with Crippen LogP contribution in [0.4, 0.5) is 11.4 Å². The van der Waals surface area contributed by atoms with Crippen molar-refractivity contribution in [1.29, 1.82) is 0 Å². The van der Waals surface area contributed by atoms with E-state index in [1.54, 1.807) is 19.1 Å². The molecular weight excluding hydrogens is 284 g/mol. The number of nitrogens with zero attached hydrogens (tertiary/aromatic N) is 1. The molecule has 1 aliphatic rings. The van der Waals surface area contributed by atoms with E-state index in [-0.39, 0.29) is 28.7 Å². The van der Waals surface area contributed by atoms with E-state index in [0.717, 1.165) is 12.1 Å². The Morgan fingerprint density at radius 3 is 2.59 bits per heavy atom. The van der Waals surface area contributed by atoms with Gasteiger partial charge >= 0.3 is 5.69 Å². The highest BCUT2D eigenvalue weighted by atomic mass is 16.6. The minimum Gasteiger partial charge on any atom is -0.487 e. The Kier molecular flexibility index (Phi) is 4.33. The second kappa shape index (κ2) is 5.76. The van der Waals surface area contributed by atoms with Gasteiger partial charge in [0, 0.05) is 17.8 Å². The molecule has 0 aromatic heterocycles. The summed E-state index contributed by atoms with van der Waals surface area (Å²) in [5.41, 5.74) is 0.282. The van der Waals surface area contributed by atoms with Crippen LogP contribution in [0.25, 0.3) is 0 Å². The van der Waals surface area contributed by atoms with E-state index in [4.69, 9.17) is 9.47 Å². The van der Waals surface area contributed by atoms with Crippen LogP contribution in [0, 0.1) is 10.1 Å². The SMILES string of the molecule is CCOc1cc(NC2CC(C)(C)OC2(C)C)ccc1[N+](=O)[O-]. The third-order valence-electron chi connectivity index (χ3n) is 3.87.